The number of carbonyl (C=O) groups excluding carboxylic acids is 3. The van der Waals surface area contributed by atoms with Crippen molar-refractivity contribution in [1.82, 2.24) is 4.90 Å². The number of rotatable bonds is 1. The molecule has 126 valence electrons. The van der Waals surface area contributed by atoms with Crippen LogP contribution >= 0.6 is 0 Å². The predicted molar refractivity (Wildman–Crippen MR) is 77.8 cm³/mol. The second kappa shape index (κ2) is 6.14. The fourth-order valence-corrected chi connectivity index (χ4v) is 1.92. The summed E-state index contributed by atoms with van der Waals surface area (Å²) >= 11 is 0. The van der Waals surface area contributed by atoms with E-state index >= 15 is 0 Å². The quantitative estimate of drug-likeness (QED) is 0.544. The Kier molecular flexibility index (Phi) is 5.10. The third-order valence-corrected chi connectivity index (χ3v) is 2.80. The predicted octanol–water partition coefficient (Wildman–Crippen LogP) is 2.08. The first-order chi connectivity index (χ1) is 9.82. The first-order valence-electron chi connectivity index (χ1n) is 7.21. The van der Waals surface area contributed by atoms with Crippen LogP contribution in [-0.4, -0.2) is 46.9 Å². The van der Waals surface area contributed by atoms with Gasteiger partial charge in [-0.3, -0.25) is 9.69 Å². The Balaban J connectivity index is 3.00. The molecule has 7 nitrogen and oxygen atoms in total. The van der Waals surface area contributed by atoms with E-state index in [0.29, 0.717) is 0 Å². The molecule has 0 N–H and O–H groups in total. The summed E-state index contributed by atoms with van der Waals surface area (Å²) in [6.45, 7) is 11.5. The van der Waals surface area contributed by atoms with Gasteiger partial charge in [-0.05, 0) is 48.5 Å². The molecule has 0 radical (unpaired) electrons. The summed E-state index contributed by atoms with van der Waals surface area (Å²) in [5.74, 6) is -2.02. The summed E-state index contributed by atoms with van der Waals surface area (Å²) in [5.41, 5.74) is -1.45. The lowest BCUT2D eigenvalue weighted by Gasteiger charge is -2.38. The van der Waals surface area contributed by atoms with Crippen molar-refractivity contribution in [2.24, 2.45) is 5.92 Å². The van der Waals surface area contributed by atoms with E-state index < -0.39 is 41.2 Å². The fraction of sp³-hybridized carbons (Fsp3) is 0.800. The fourth-order valence-electron chi connectivity index (χ4n) is 1.92. The number of ether oxygens (including phenoxy) is 3. The summed E-state index contributed by atoms with van der Waals surface area (Å²) in [4.78, 5) is 37.4. The molecule has 0 aromatic rings. The van der Waals surface area contributed by atoms with Crippen molar-refractivity contribution >= 4 is 18.0 Å². The molecule has 0 spiro atoms. The van der Waals surface area contributed by atoms with E-state index in [4.69, 9.17) is 14.2 Å². The largest absolute Gasteiger partial charge is 0.458 e. The van der Waals surface area contributed by atoms with Gasteiger partial charge in [0.1, 0.15) is 17.2 Å². The molecule has 7 heteroatoms. The van der Waals surface area contributed by atoms with Crippen LogP contribution in [0.3, 0.4) is 0 Å². The van der Waals surface area contributed by atoms with Crippen LogP contribution in [0.4, 0.5) is 4.79 Å². The molecular formula is C15H25NO6. The van der Waals surface area contributed by atoms with Crippen LogP contribution in [0.15, 0.2) is 0 Å². The number of carbonyl (C=O) groups is 3. The third kappa shape index (κ3) is 4.89. The molecule has 2 atom stereocenters. The minimum absolute atomic E-state index is 0.331. The summed E-state index contributed by atoms with van der Waals surface area (Å²) < 4.78 is 15.5. The van der Waals surface area contributed by atoms with Crippen molar-refractivity contribution in [2.45, 2.75) is 65.7 Å². The average molecular weight is 315 g/mol. The lowest BCUT2D eigenvalue weighted by Crippen LogP contribution is -2.58. The van der Waals surface area contributed by atoms with Crippen molar-refractivity contribution in [3.8, 4) is 0 Å². The lowest BCUT2D eigenvalue weighted by atomic mass is 9.99. The molecule has 0 aromatic heterocycles. The van der Waals surface area contributed by atoms with E-state index in [1.54, 1.807) is 41.5 Å². The van der Waals surface area contributed by atoms with Crippen LogP contribution in [-0.2, 0) is 23.8 Å². The van der Waals surface area contributed by atoms with Crippen LogP contribution in [0.1, 0.15) is 48.5 Å². The van der Waals surface area contributed by atoms with Gasteiger partial charge in [0.05, 0.1) is 5.92 Å². The highest BCUT2D eigenvalue weighted by Gasteiger charge is 2.46. The Labute approximate surface area is 130 Å². The lowest BCUT2D eigenvalue weighted by molar-refractivity contribution is -0.183. The zero-order valence-electron chi connectivity index (χ0n) is 14.3. The molecule has 1 fully saturated rings. The standard InChI is InChI=1S/C15H25NO6/c1-9-10(12(18)21-14(2,3)4)16(8-20-11(9)17)13(19)22-15(5,6)7/h9-10H,8H2,1-7H3/t9-,10+/m1/s1. The van der Waals surface area contributed by atoms with E-state index in [-0.39, 0.29) is 6.73 Å². The Morgan fingerprint density at radius 1 is 1.09 bits per heavy atom. The maximum Gasteiger partial charge on any atom is 0.413 e. The second-order valence-corrected chi connectivity index (χ2v) is 7.31. The summed E-state index contributed by atoms with van der Waals surface area (Å²) in [6, 6.07) is -1.06. The van der Waals surface area contributed by atoms with Gasteiger partial charge in [0.15, 0.2) is 6.73 Å². The first kappa shape index (κ1) is 18.3. The zero-order valence-corrected chi connectivity index (χ0v) is 14.3. The highest BCUT2D eigenvalue weighted by molar-refractivity contribution is 5.89. The maximum atomic E-state index is 12.4. The number of hydrogen-bond donors (Lipinski definition) is 0. The Morgan fingerprint density at radius 2 is 1.59 bits per heavy atom. The molecule has 1 amide bonds. The number of nitrogens with zero attached hydrogens (tertiary/aromatic N) is 1. The van der Waals surface area contributed by atoms with Gasteiger partial charge in [-0.2, -0.15) is 0 Å². The van der Waals surface area contributed by atoms with E-state index in [2.05, 4.69) is 0 Å². The van der Waals surface area contributed by atoms with Crippen LogP contribution in [0.5, 0.6) is 0 Å². The molecule has 0 aliphatic carbocycles. The van der Waals surface area contributed by atoms with Gasteiger partial charge in [-0.15, -0.1) is 0 Å². The molecule has 1 aliphatic heterocycles. The second-order valence-electron chi connectivity index (χ2n) is 7.31. The van der Waals surface area contributed by atoms with E-state index in [1.807, 2.05) is 0 Å². The molecule has 1 aliphatic rings. The Bertz CT molecular complexity index is 460. The normalized spacial score (nSPS) is 22.9. The van der Waals surface area contributed by atoms with Gasteiger partial charge >= 0.3 is 18.0 Å². The monoisotopic (exact) mass is 315 g/mol. The zero-order chi connectivity index (χ0) is 17.3. The molecule has 1 rings (SSSR count). The molecule has 0 aromatic carbocycles. The maximum absolute atomic E-state index is 12.4. The minimum Gasteiger partial charge on any atom is -0.458 e. The van der Waals surface area contributed by atoms with E-state index in [1.165, 1.54) is 6.92 Å². The SMILES string of the molecule is C[C@H]1C(=O)OCN(C(=O)OC(C)(C)C)[C@@H]1C(=O)OC(C)(C)C. The topological polar surface area (TPSA) is 82.1 Å². The van der Waals surface area contributed by atoms with Crippen LogP contribution < -0.4 is 0 Å². The van der Waals surface area contributed by atoms with E-state index in [9.17, 15) is 14.4 Å². The summed E-state index contributed by atoms with van der Waals surface area (Å²) in [5, 5.41) is 0. The number of esters is 2. The first-order valence-corrected chi connectivity index (χ1v) is 7.21. The molecule has 22 heavy (non-hydrogen) atoms. The third-order valence-electron chi connectivity index (χ3n) is 2.80. The molecule has 0 bridgehead atoms. The summed E-state index contributed by atoms with van der Waals surface area (Å²) in [6.07, 6.45) is -0.720. The van der Waals surface area contributed by atoms with Gasteiger partial charge in [0.2, 0.25) is 0 Å². The highest BCUT2D eigenvalue weighted by atomic mass is 16.6. The average Bonchev–Trinajstić information content (AvgIpc) is 2.27. The minimum atomic E-state index is -1.06. The molecule has 1 saturated heterocycles. The van der Waals surface area contributed by atoms with Crippen molar-refractivity contribution in [3.63, 3.8) is 0 Å². The van der Waals surface area contributed by atoms with Gasteiger partial charge in [0.25, 0.3) is 0 Å². The van der Waals surface area contributed by atoms with Gasteiger partial charge in [0, 0.05) is 0 Å². The van der Waals surface area contributed by atoms with E-state index in [0.717, 1.165) is 4.90 Å². The molecule has 0 saturated carbocycles. The number of cyclic esters (lactones) is 1. The molecule has 1 heterocycles. The van der Waals surface area contributed by atoms with Crippen LogP contribution in [0.25, 0.3) is 0 Å². The van der Waals surface area contributed by atoms with Crippen molar-refractivity contribution in [3.05, 3.63) is 0 Å². The van der Waals surface area contributed by atoms with Gasteiger partial charge in [-0.25, -0.2) is 9.59 Å². The van der Waals surface area contributed by atoms with Crippen LogP contribution in [0, 0.1) is 5.92 Å². The number of amides is 1. The van der Waals surface area contributed by atoms with Crippen LogP contribution in [0.2, 0.25) is 0 Å². The molecular weight excluding hydrogens is 290 g/mol. The van der Waals surface area contributed by atoms with Crippen molar-refractivity contribution < 1.29 is 28.6 Å². The summed E-state index contributed by atoms with van der Waals surface area (Å²) in [7, 11) is 0. The molecule has 0 unspecified atom stereocenters. The van der Waals surface area contributed by atoms with Crippen molar-refractivity contribution in [1.29, 1.82) is 0 Å². The Morgan fingerprint density at radius 3 is 2.05 bits per heavy atom. The Hall–Kier alpha value is -1.79. The number of hydrogen-bond acceptors (Lipinski definition) is 6. The smallest absolute Gasteiger partial charge is 0.413 e. The van der Waals surface area contributed by atoms with Gasteiger partial charge < -0.3 is 14.2 Å². The van der Waals surface area contributed by atoms with Gasteiger partial charge in [-0.1, -0.05) is 0 Å². The highest BCUT2D eigenvalue weighted by Crippen LogP contribution is 2.24. The van der Waals surface area contributed by atoms with Crippen molar-refractivity contribution in [2.75, 3.05) is 6.73 Å².